The molecule has 1 heterocycles. The van der Waals surface area contributed by atoms with E-state index in [1.807, 2.05) is 19.0 Å². The lowest BCUT2D eigenvalue weighted by atomic mass is 9.87. The molecule has 1 aliphatic heterocycles. The maximum Gasteiger partial charge on any atom is 0.236 e. The first-order valence-electron chi connectivity index (χ1n) is 8.72. The molecule has 2 fully saturated rings. The smallest absolute Gasteiger partial charge is 0.236 e. The quantitative estimate of drug-likeness (QED) is 0.842. The molecule has 4 heteroatoms. The lowest BCUT2D eigenvalue weighted by Gasteiger charge is -2.36. The summed E-state index contributed by atoms with van der Waals surface area (Å²) in [6.45, 7) is 6.21. The average Bonchev–Trinajstić information content (AvgIpc) is 2.49. The van der Waals surface area contributed by atoms with E-state index in [-0.39, 0.29) is 0 Å². The van der Waals surface area contributed by atoms with Crippen LogP contribution >= 0.6 is 0 Å². The molecule has 0 bridgehead atoms. The summed E-state index contributed by atoms with van der Waals surface area (Å²) in [6, 6.07) is 0.482. The van der Waals surface area contributed by atoms with Crippen molar-refractivity contribution in [2.24, 2.45) is 11.8 Å². The van der Waals surface area contributed by atoms with Crippen LogP contribution in [0.2, 0.25) is 0 Å². The van der Waals surface area contributed by atoms with Gasteiger partial charge in [0, 0.05) is 13.1 Å². The van der Waals surface area contributed by atoms with E-state index in [2.05, 4.69) is 17.1 Å². The van der Waals surface area contributed by atoms with Gasteiger partial charge in [0.15, 0.2) is 0 Å². The zero-order chi connectivity index (χ0) is 15.2. The predicted molar refractivity (Wildman–Crippen MR) is 87.3 cm³/mol. The second-order valence-electron chi connectivity index (χ2n) is 7.20. The number of rotatable bonds is 5. The second kappa shape index (κ2) is 8.14. The number of nitrogens with zero attached hydrogens (tertiary/aromatic N) is 2. The van der Waals surface area contributed by atoms with E-state index >= 15 is 0 Å². The first-order chi connectivity index (χ1) is 10.1. The molecular weight excluding hydrogens is 262 g/mol. The molecule has 0 aromatic carbocycles. The number of likely N-dealkylation sites (tertiary alicyclic amines) is 1. The molecule has 1 saturated carbocycles. The number of amides is 1. The Morgan fingerprint density at radius 1 is 1.14 bits per heavy atom. The lowest BCUT2D eigenvalue weighted by molar-refractivity contribution is -0.134. The van der Waals surface area contributed by atoms with Gasteiger partial charge in [0.05, 0.1) is 6.54 Å². The molecule has 1 aliphatic carbocycles. The standard InChI is InChI=1S/C17H33N3O/c1-14-4-6-16(7-5-14)19(3)17(21)13-20-10-8-15(9-11-20)12-18-2/h14-16,18H,4-13H2,1-3H3. The summed E-state index contributed by atoms with van der Waals surface area (Å²) in [4.78, 5) is 16.8. The van der Waals surface area contributed by atoms with E-state index in [0.717, 1.165) is 31.5 Å². The third kappa shape index (κ3) is 4.96. The van der Waals surface area contributed by atoms with Crippen molar-refractivity contribution in [1.29, 1.82) is 0 Å². The van der Waals surface area contributed by atoms with E-state index < -0.39 is 0 Å². The summed E-state index contributed by atoms with van der Waals surface area (Å²) in [5.74, 6) is 1.96. The van der Waals surface area contributed by atoms with Crippen LogP contribution in [0, 0.1) is 11.8 Å². The van der Waals surface area contributed by atoms with Crippen LogP contribution in [0.15, 0.2) is 0 Å². The fourth-order valence-electron chi connectivity index (χ4n) is 3.77. The third-order valence-electron chi connectivity index (χ3n) is 5.49. The van der Waals surface area contributed by atoms with Crippen LogP contribution in [0.1, 0.15) is 45.4 Å². The number of likely N-dealkylation sites (N-methyl/N-ethyl adjacent to an activating group) is 1. The highest BCUT2D eigenvalue weighted by molar-refractivity contribution is 5.78. The van der Waals surface area contributed by atoms with Crippen molar-refractivity contribution in [2.45, 2.75) is 51.5 Å². The van der Waals surface area contributed by atoms with Crippen molar-refractivity contribution in [3.8, 4) is 0 Å². The fourth-order valence-corrected chi connectivity index (χ4v) is 3.77. The number of nitrogens with one attached hydrogen (secondary N) is 1. The summed E-state index contributed by atoms with van der Waals surface area (Å²) in [5, 5.41) is 3.26. The monoisotopic (exact) mass is 295 g/mol. The summed E-state index contributed by atoms with van der Waals surface area (Å²) >= 11 is 0. The summed E-state index contributed by atoms with van der Waals surface area (Å²) in [5.41, 5.74) is 0. The number of carbonyl (C=O) groups is 1. The summed E-state index contributed by atoms with van der Waals surface area (Å²) in [6.07, 6.45) is 7.37. The molecule has 1 amide bonds. The van der Waals surface area contributed by atoms with E-state index in [1.54, 1.807) is 0 Å². The van der Waals surface area contributed by atoms with Crippen molar-refractivity contribution >= 4 is 5.91 Å². The Bertz CT molecular complexity index is 318. The van der Waals surface area contributed by atoms with Crippen LogP contribution < -0.4 is 5.32 Å². The van der Waals surface area contributed by atoms with Gasteiger partial charge in [0.1, 0.15) is 0 Å². The van der Waals surface area contributed by atoms with E-state index in [4.69, 9.17) is 0 Å². The molecule has 0 aromatic heterocycles. The van der Waals surface area contributed by atoms with Gasteiger partial charge in [-0.1, -0.05) is 6.92 Å². The van der Waals surface area contributed by atoms with Gasteiger partial charge in [0.25, 0.3) is 0 Å². The van der Waals surface area contributed by atoms with Gasteiger partial charge in [0.2, 0.25) is 5.91 Å². The Labute approximate surface area is 130 Å². The first kappa shape index (κ1) is 16.8. The van der Waals surface area contributed by atoms with Gasteiger partial charge in [-0.15, -0.1) is 0 Å². The molecule has 1 saturated heterocycles. The maximum atomic E-state index is 12.5. The van der Waals surface area contributed by atoms with Crippen molar-refractivity contribution in [2.75, 3.05) is 40.3 Å². The van der Waals surface area contributed by atoms with Gasteiger partial charge in [-0.3, -0.25) is 9.69 Å². The molecule has 122 valence electrons. The number of hydrogen-bond donors (Lipinski definition) is 1. The maximum absolute atomic E-state index is 12.5. The number of hydrogen-bond acceptors (Lipinski definition) is 3. The van der Waals surface area contributed by atoms with Gasteiger partial charge in [-0.2, -0.15) is 0 Å². The predicted octanol–water partition coefficient (Wildman–Crippen LogP) is 1.95. The Hall–Kier alpha value is -0.610. The van der Waals surface area contributed by atoms with Crippen molar-refractivity contribution in [3.05, 3.63) is 0 Å². The molecular formula is C17H33N3O. The normalized spacial score (nSPS) is 28.5. The van der Waals surface area contributed by atoms with E-state index in [0.29, 0.717) is 18.5 Å². The Morgan fingerprint density at radius 3 is 2.33 bits per heavy atom. The minimum Gasteiger partial charge on any atom is -0.342 e. The van der Waals surface area contributed by atoms with E-state index in [9.17, 15) is 4.79 Å². The molecule has 0 atom stereocenters. The molecule has 0 spiro atoms. The largest absolute Gasteiger partial charge is 0.342 e. The van der Waals surface area contributed by atoms with Crippen LogP contribution in [-0.2, 0) is 4.79 Å². The van der Waals surface area contributed by atoms with Crippen molar-refractivity contribution < 1.29 is 4.79 Å². The fraction of sp³-hybridized carbons (Fsp3) is 0.941. The summed E-state index contributed by atoms with van der Waals surface area (Å²) in [7, 11) is 4.03. The van der Waals surface area contributed by atoms with Crippen LogP contribution in [0.5, 0.6) is 0 Å². The van der Waals surface area contributed by atoms with Gasteiger partial charge in [-0.25, -0.2) is 0 Å². The minimum atomic E-state index is 0.321. The molecule has 21 heavy (non-hydrogen) atoms. The topological polar surface area (TPSA) is 35.6 Å². The van der Waals surface area contributed by atoms with Crippen LogP contribution in [0.25, 0.3) is 0 Å². The highest BCUT2D eigenvalue weighted by Gasteiger charge is 2.27. The first-order valence-corrected chi connectivity index (χ1v) is 8.72. The second-order valence-corrected chi connectivity index (χ2v) is 7.20. The Balaban J connectivity index is 1.71. The molecule has 4 nitrogen and oxygen atoms in total. The van der Waals surface area contributed by atoms with Crippen molar-refractivity contribution in [1.82, 2.24) is 15.1 Å². The highest BCUT2D eigenvalue weighted by Crippen LogP contribution is 2.26. The molecule has 0 radical (unpaired) electrons. The lowest BCUT2D eigenvalue weighted by Crippen LogP contribution is -2.46. The van der Waals surface area contributed by atoms with Gasteiger partial charge < -0.3 is 10.2 Å². The minimum absolute atomic E-state index is 0.321. The van der Waals surface area contributed by atoms with Crippen molar-refractivity contribution in [3.63, 3.8) is 0 Å². The molecule has 1 N–H and O–H groups in total. The SMILES string of the molecule is CNCC1CCN(CC(=O)N(C)C2CCC(C)CC2)CC1. The number of carbonyl (C=O) groups excluding carboxylic acids is 1. The molecule has 0 aromatic rings. The molecule has 0 unspecified atom stereocenters. The zero-order valence-corrected chi connectivity index (χ0v) is 14.1. The van der Waals surface area contributed by atoms with E-state index in [1.165, 1.54) is 38.5 Å². The third-order valence-corrected chi connectivity index (χ3v) is 5.49. The molecule has 2 aliphatic rings. The molecule has 2 rings (SSSR count). The summed E-state index contributed by atoms with van der Waals surface area (Å²) < 4.78 is 0. The number of piperidine rings is 1. The van der Waals surface area contributed by atoms with Crippen LogP contribution in [0.3, 0.4) is 0 Å². The average molecular weight is 295 g/mol. The van der Waals surface area contributed by atoms with Gasteiger partial charge >= 0.3 is 0 Å². The Morgan fingerprint density at radius 2 is 1.76 bits per heavy atom. The highest BCUT2D eigenvalue weighted by atomic mass is 16.2. The zero-order valence-electron chi connectivity index (χ0n) is 14.1. The Kier molecular flexibility index (Phi) is 6.49. The van der Waals surface area contributed by atoms with Gasteiger partial charge in [-0.05, 0) is 77.0 Å². The van der Waals surface area contributed by atoms with Crippen LogP contribution in [-0.4, -0.2) is 62.0 Å². The van der Waals surface area contributed by atoms with Crippen LogP contribution in [0.4, 0.5) is 0 Å².